The van der Waals surface area contributed by atoms with E-state index in [4.69, 9.17) is 5.11 Å². The monoisotopic (exact) mass is 317 g/mol. The Bertz CT molecular complexity index is 574. The number of nitrogens with one attached hydrogen (secondary N) is 1. The highest BCUT2D eigenvalue weighted by atomic mass is 32.2. The van der Waals surface area contributed by atoms with Gasteiger partial charge >= 0.3 is 5.97 Å². The molecule has 0 aromatic heterocycles. The molecule has 0 amide bonds. The highest BCUT2D eigenvalue weighted by Crippen LogP contribution is 2.16. The molecule has 0 bridgehead atoms. The molecule has 0 fully saturated rings. The Balaban J connectivity index is 2.51. The zero-order chi connectivity index (χ0) is 15.9. The van der Waals surface area contributed by atoms with Crippen molar-refractivity contribution >= 4 is 16.0 Å². The molecule has 0 saturated carbocycles. The highest BCUT2D eigenvalue weighted by Gasteiger charge is 2.15. The molecule has 0 heterocycles. The molecule has 1 aromatic rings. The van der Waals surface area contributed by atoms with E-state index in [1.807, 2.05) is 6.92 Å². The Kier molecular flexibility index (Phi) is 6.77. The predicted octanol–water partition coefficient (Wildman–Crippen LogP) is 2.39. The Hall–Kier alpha value is -1.47. The van der Waals surface area contributed by atoms with Crippen LogP contribution in [0, 0.1) is 11.7 Å². The van der Waals surface area contributed by atoms with Crippen LogP contribution < -0.4 is 4.72 Å². The maximum Gasteiger partial charge on any atom is 0.303 e. The molecular formula is C14H20FNO4S. The third kappa shape index (κ3) is 6.22. The Morgan fingerprint density at radius 1 is 1.38 bits per heavy atom. The van der Waals surface area contributed by atoms with Crippen LogP contribution in [-0.2, 0) is 14.8 Å². The van der Waals surface area contributed by atoms with Gasteiger partial charge in [-0.15, -0.1) is 0 Å². The molecule has 0 saturated heterocycles. The summed E-state index contributed by atoms with van der Waals surface area (Å²) in [5.41, 5.74) is 0. The normalized spacial score (nSPS) is 13.0. The van der Waals surface area contributed by atoms with Crippen LogP contribution in [0.5, 0.6) is 0 Å². The number of halogens is 1. The zero-order valence-corrected chi connectivity index (χ0v) is 12.7. The fourth-order valence-corrected chi connectivity index (χ4v) is 3.07. The van der Waals surface area contributed by atoms with E-state index in [0.29, 0.717) is 12.8 Å². The number of hydrogen-bond donors (Lipinski definition) is 2. The topological polar surface area (TPSA) is 83.5 Å². The first-order valence-electron chi connectivity index (χ1n) is 6.82. The summed E-state index contributed by atoms with van der Waals surface area (Å²) < 4.78 is 39.3. The first-order chi connectivity index (χ1) is 9.85. The number of aliphatic carboxylic acids is 1. The van der Waals surface area contributed by atoms with Crippen molar-refractivity contribution in [2.45, 2.75) is 37.5 Å². The fraction of sp³-hybridized carbons (Fsp3) is 0.500. The van der Waals surface area contributed by atoms with E-state index in [1.165, 1.54) is 18.2 Å². The Morgan fingerprint density at radius 2 is 2.10 bits per heavy atom. The van der Waals surface area contributed by atoms with Gasteiger partial charge in [-0.25, -0.2) is 17.5 Å². The van der Waals surface area contributed by atoms with E-state index in [9.17, 15) is 17.6 Å². The fourth-order valence-electron chi connectivity index (χ4n) is 2.00. The van der Waals surface area contributed by atoms with Gasteiger partial charge in [0.1, 0.15) is 5.82 Å². The van der Waals surface area contributed by atoms with Crippen LogP contribution in [0.1, 0.15) is 32.6 Å². The van der Waals surface area contributed by atoms with Crippen LogP contribution in [0.25, 0.3) is 0 Å². The lowest BCUT2D eigenvalue weighted by Gasteiger charge is -2.14. The van der Waals surface area contributed by atoms with E-state index in [1.54, 1.807) is 0 Å². The van der Waals surface area contributed by atoms with E-state index in [0.717, 1.165) is 12.5 Å². The maximum absolute atomic E-state index is 13.0. The molecule has 1 rings (SSSR count). The lowest BCUT2D eigenvalue weighted by molar-refractivity contribution is -0.137. The SMILES string of the molecule is CCC(CCNS(=O)(=O)c1cccc(F)c1)CCC(=O)O. The van der Waals surface area contributed by atoms with Gasteiger partial charge in [0, 0.05) is 13.0 Å². The van der Waals surface area contributed by atoms with Gasteiger partial charge in [-0.1, -0.05) is 19.4 Å². The smallest absolute Gasteiger partial charge is 0.303 e. The maximum atomic E-state index is 13.0. The van der Waals surface area contributed by atoms with Crippen LogP contribution in [0.4, 0.5) is 4.39 Å². The zero-order valence-electron chi connectivity index (χ0n) is 11.9. The summed E-state index contributed by atoms with van der Waals surface area (Å²) in [6.07, 6.45) is 1.94. The van der Waals surface area contributed by atoms with Gasteiger partial charge in [0.15, 0.2) is 0 Å². The number of carbonyl (C=O) groups is 1. The van der Waals surface area contributed by atoms with Crippen molar-refractivity contribution in [1.29, 1.82) is 0 Å². The molecule has 118 valence electrons. The van der Waals surface area contributed by atoms with Crippen LogP contribution in [0.2, 0.25) is 0 Å². The van der Waals surface area contributed by atoms with Crippen molar-refractivity contribution in [3.8, 4) is 0 Å². The van der Waals surface area contributed by atoms with Gasteiger partial charge in [-0.3, -0.25) is 4.79 Å². The summed E-state index contributed by atoms with van der Waals surface area (Å²) in [5, 5.41) is 8.64. The minimum atomic E-state index is -3.72. The third-order valence-corrected chi connectivity index (χ3v) is 4.75. The molecule has 0 aliphatic heterocycles. The quantitative estimate of drug-likeness (QED) is 0.732. The number of benzene rings is 1. The molecule has 1 atom stereocenters. The van der Waals surface area contributed by atoms with Crippen LogP contribution in [-0.4, -0.2) is 26.0 Å². The molecule has 2 N–H and O–H groups in total. The molecule has 7 heteroatoms. The van der Waals surface area contributed by atoms with Crippen LogP contribution in [0.3, 0.4) is 0 Å². The van der Waals surface area contributed by atoms with Crippen molar-refractivity contribution in [3.63, 3.8) is 0 Å². The van der Waals surface area contributed by atoms with E-state index in [2.05, 4.69) is 4.72 Å². The molecule has 0 spiro atoms. The average Bonchev–Trinajstić information content (AvgIpc) is 2.42. The number of carboxylic acids is 1. The second-order valence-corrected chi connectivity index (χ2v) is 6.62. The molecule has 5 nitrogen and oxygen atoms in total. The average molecular weight is 317 g/mol. The summed E-state index contributed by atoms with van der Waals surface area (Å²) in [7, 11) is -3.72. The third-order valence-electron chi connectivity index (χ3n) is 3.29. The molecule has 21 heavy (non-hydrogen) atoms. The molecule has 0 aliphatic rings. The van der Waals surface area contributed by atoms with Crippen molar-refractivity contribution in [2.24, 2.45) is 5.92 Å². The van der Waals surface area contributed by atoms with Gasteiger partial charge < -0.3 is 5.11 Å². The highest BCUT2D eigenvalue weighted by molar-refractivity contribution is 7.89. The van der Waals surface area contributed by atoms with Crippen molar-refractivity contribution in [3.05, 3.63) is 30.1 Å². The minimum Gasteiger partial charge on any atom is -0.481 e. The summed E-state index contributed by atoms with van der Waals surface area (Å²) in [6, 6.07) is 4.81. The lowest BCUT2D eigenvalue weighted by atomic mass is 9.97. The van der Waals surface area contributed by atoms with Gasteiger partial charge in [0.25, 0.3) is 0 Å². The molecular weight excluding hydrogens is 297 g/mol. The minimum absolute atomic E-state index is 0.0785. The van der Waals surface area contributed by atoms with Gasteiger partial charge in [-0.05, 0) is 37.0 Å². The first-order valence-corrected chi connectivity index (χ1v) is 8.30. The standard InChI is InChI=1S/C14H20FNO4S/c1-2-11(6-7-14(17)18)8-9-16-21(19,20)13-5-3-4-12(15)10-13/h3-5,10-11,16H,2,6-9H2,1H3,(H,17,18). The molecule has 1 aromatic carbocycles. The molecule has 0 radical (unpaired) electrons. The summed E-state index contributed by atoms with van der Waals surface area (Å²) in [4.78, 5) is 10.4. The number of carboxylic acid groups (broad SMARTS) is 1. The predicted molar refractivity (Wildman–Crippen MR) is 76.9 cm³/mol. The van der Waals surface area contributed by atoms with Gasteiger partial charge in [0.05, 0.1) is 4.90 Å². The first kappa shape index (κ1) is 17.6. The van der Waals surface area contributed by atoms with E-state index >= 15 is 0 Å². The van der Waals surface area contributed by atoms with E-state index in [-0.39, 0.29) is 23.8 Å². The molecule has 0 aliphatic carbocycles. The van der Waals surface area contributed by atoms with Gasteiger partial charge in [-0.2, -0.15) is 0 Å². The van der Waals surface area contributed by atoms with Crippen molar-refractivity contribution in [2.75, 3.05) is 6.54 Å². The molecule has 1 unspecified atom stereocenters. The number of rotatable bonds is 9. The Morgan fingerprint density at radius 3 is 2.67 bits per heavy atom. The summed E-state index contributed by atoms with van der Waals surface area (Å²) in [6.45, 7) is 2.14. The second kappa shape index (κ2) is 8.09. The van der Waals surface area contributed by atoms with Crippen molar-refractivity contribution < 1.29 is 22.7 Å². The van der Waals surface area contributed by atoms with Crippen LogP contribution >= 0.6 is 0 Å². The summed E-state index contributed by atoms with van der Waals surface area (Å²) in [5.74, 6) is -1.31. The number of hydrogen-bond acceptors (Lipinski definition) is 3. The lowest BCUT2D eigenvalue weighted by Crippen LogP contribution is -2.26. The summed E-state index contributed by atoms with van der Waals surface area (Å²) >= 11 is 0. The van der Waals surface area contributed by atoms with Gasteiger partial charge in [0.2, 0.25) is 10.0 Å². The Labute approximate surface area is 124 Å². The second-order valence-electron chi connectivity index (χ2n) is 4.85. The largest absolute Gasteiger partial charge is 0.481 e. The van der Waals surface area contributed by atoms with Crippen LogP contribution in [0.15, 0.2) is 29.2 Å². The van der Waals surface area contributed by atoms with E-state index < -0.39 is 21.8 Å². The van der Waals surface area contributed by atoms with Crippen molar-refractivity contribution in [1.82, 2.24) is 4.72 Å². The number of sulfonamides is 1.